The molecule has 14 rings (SSSR count). The monoisotopic (exact) mass is 844 g/mol. The highest BCUT2D eigenvalue weighted by Crippen LogP contribution is 2.55. The van der Waals surface area contributed by atoms with Crippen LogP contribution in [0.15, 0.2) is 194 Å². The molecule has 0 saturated carbocycles. The Labute approximate surface area is 383 Å². The van der Waals surface area contributed by atoms with Crippen LogP contribution >= 0.6 is 11.3 Å². The molecule has 0 spiro atoms. The lowest BCUT2D eigenvalue weighted by Gasteiger charge is -2.23. The summed E-state index contributed by atoms with van der Waals surface area (Å²) in [6, 6.07) is 73.9. The summed E-state index contributed by atoms with van der Waals surface area (Å²) >= 11 is 1.90. The molecule has 0 aliphatic heterocycles. The maximum atomic E-state index is 2.51. The fraction of sp³-hybridized carbons (Fsp3) is 0.0938. The number of hydrogen-bond acceptors (Lipinski definition) is 1. The first kappa shape index (κ1) is 37.1. The van der Waals surface area contributed by atoms with Crippen LogP contribution in [0.3, 0.4) is 0 Å². The maximum Gasteiger partial charge on any atom is 0.0361 e. The molecule has 0 unspecified atom stereocenters. The van der Waals surface area contributed by atoms with Crippen molar-refractivity contribution in [2.24, 2.45) is 0 Å². The van der Waals surface area contributed by atoms with Crippen molar-refractivity contribution in [2.45, 2.75) is 38.5 Å². The molecule has 12 aromatic rings. The smallest absolute Gasteiger partial charge is 0.0361 e. The van der Waals surface area contributed by atoms with Gasteiger partial charge in [0.25, 0.3) is 0 Å². The Balaban J connectivity index is 0.906. The van der Waals surface area contributed by atoms with Crippen LogP contribution in [0.1, 0.15) is 49.9 Å². The second kappa shape index (κ2) is 13.1. The van der Waals surface area contributed by atoms with E-state index in [9.17, 15) is 0 Å². The molecule has 2 aliphatic carbocycles. The summed E-state index contributed by atoms with van der Waals surface area (Å²) in [7, 11) is 0. The van der Waals surface area contributed by atoms with Gasteiger partial charge in [0.05, 0.1) is 0 Å². The van der Waals surface area contributed by atoms with Gasteiger partial charge in [0.15, 0.2) is 0 Å². The largest absolute Gasteiger partial charge is 0.135 e. The summed E-state index contributed by atoms with van der Waals surface area (Å²) < 4.78 is 2.71. The topological polar surface area (TPSA) is 0 Å². The zero-order chi connectivity index (χ0) is 43.3. The van der Waals surface area contributed by atoms with Gasteiger partial charge in [-0.3, -0.25) is 0 Å². The molecule has 0 bridgehead atoms. The fourth-order valence-electron chi connectivity index (χ4n) is 12.2. The molecular formula is C64H44S. The van der Waals surface area contributed by atoms with Gasteiger partial charge < -0.3 is 0 Å². The average Bonchev–Trinajstić information content (AvgIpc) is 3.91. The summed E-state index contributed by atoms with van der Waals surface area (Å²) in [6.45, 7) is 9.62. The van der Waals surface area contributed by atoms with Crippen molar-refractivity contribution < 1.29 is 0 Å². The lowest BCUT2D eigenvalue weighted by molar-refractivity contribution is 0.660. The van der Waals surface area contributed by atoms with E-state index in [2.05, 4.69) is 222 Å². The van der Waals surface area contributed by atoms with E-state index in [0.29, 0.717) is 0 Å². The molecule has 1 heteroatoms. The molecule has 2 aliphatic rings. The van der Waals surface area contributed by atoms with Crippen LogP contribution in [0.25, 0.3) is 119 Å². The van der Waals surface area contributed by atoms with Gasteiger partial charge in [-0.1, -0.05) is 179 Å². The second-order valence-corrected chi connectivity index (χ2v) is 20.6. The molecule has 0 nitrogen and oxygen atoms in total. The van der Waals surface area contributed by atoms with E-state index >= 15 is 0 Å². The van der Waals surface area contributed by atoms with E-state index in [4.69, 9.17) is 0 Å². The Morgan fingerprint density at radius 1 is 0.292 bits per heavy atom. The Morgan fingerprint density at radius 2 is 0.831 bits per heavy atom. The maximum absolute atomic E-state index is 2.51. The SMILES string of the molecule is CC1(C)c2ccc(-c3c4ccccc4c(-c4cccc5ccccc45)c4ccccc34)cc2-c2ccc(-c3ccc4c(c3)-c3cc5c(ccc6sc7ccccc7c65)cc3C4(C)C)cc21. The number of hydrogen-bond donors (Lipinski definition) is 0. The Bertz CT molecular complexity index is 4000. The summed E-state index contributed by atoms with van der Waals surface area (Å²) in [5.41, 5.74) is 18.4. The standard InChI is InChI=1S/C64H44S/c1-63(2)54-30-26-41(60-45-17-7-9-19-47(45)61(48-20-10-8-18-46(48)60)44-22-13-15-37-14-5-6-16-42(37)44)33-51(54)43-28-24-39(34-56(43)63)38-25-29-55-52(32-38)53-36-50-40(35-57(53)64(55,3)4)27-31-59-62(50)49-21-11-12-23-58(49)65-59/h5-36H,1-4H3. The van der Waals surface area contributed by atoms with E-state index in [-0.39, 0.29) is 10.8 Å². The van der Waals surface area contributed by atoms with Crippen molar-refractivity contribution in [3.05, 3.63) is 216 Å². The molecule has 0 atom stereocenters. The van der Waals surface area contributed by atoms with Crippen LogP contribution in [0.2, 0.25) is 0 Å². The van der Waals surface area contributed by atoms with E-state index in [1.807, 2.05) is 11.3 Å². The van der Waals surface area contributed by atoms with Crippen molar-refractivity contribution >= 4 is 74.6 Å². The van der Waals surface area contributed by atoms with Crippen molar-refractivity contribution in [1.29, 1.82) is 0 Å². The van der Waals surface area contributed by atoms with Gasteiger partial charge in [0.1, 0.15) is 0 Å². The summed E-state index contributed by atoms with van der Waals surface area (Å²) in [6.07, 6.45) is 0. The molecule has 0 amide bonds. The molecule has 1 aromatic heterocycles. The molecule has 306 valence electrons. The van der Waals surface area contributed by atoms with Crippen LogP contribution < -0.4 is 0 Å². The normalized spacial score (nSPS) is 14.4. The highest BCUT2D eigenvalue weighted by atomic mass is 32.1. The van der Waals surface area contributed by atoms with Crippen molar-refractivity contribution in [1.82, 2.24) is 0 Å². The Kier molecular flexibility index (Phi) is 7.49. The molecule has 0 fully saturated rings. The lowest BCUT2D eigenvalue weighted by Crippen LogP contribution is -2.15. The number of rotatable bonds is 3. The highest BCUT2D eigenvalue weighted by molar-refractivity contribution is 7.26. The van der Waals surface area contributed by atoms with Gasteiger partial charge in [-0.2, -0.15) is 0 Å². The minimum absolute atomic E-state index is 0.0881. The minimum Gasteiger partial charge on any atom is -0.135 e. The summed E-state index contributed by atoms with van der Waals surface area (Å²) in [4.78, 5) is 0. The first-order valence-electron chi connectivity index (χ1n) is 23.0. The van der Waals surface area contributed by atoms with Crippen LogP contribution in [0.4, 0.5) is 0 Å². The van der Waals surface area contributed by atoms with Crippen molar-refractivity contribution in [3.8, 4) is 55.6 Å². The predicted octanol–water partition coefficient (Wildman–Crippen LogP) is 18.3. The van der Waals surface area contributed by atoms with Crippen LogP contribution in [0.5, 0.6) is 0 Å². The van der Waals surface area contributed by atoms with Gasteiger partial charge in [0, 0.05) is 31.0 Å². The summed E-state index contributed by atoms with van der Waals surface area (Å²) in [5.74, 6) is 0. The Hall–Kier alpha value is -7.32. The number of benzene rings is 11. The van der Waals surface area contributed by atoms with Crippen LogP contribution in [-0.2, 0) is 10.8 Å². The zero-order valence-corrected chi connectivity index (χ0v) is 37.7. The third-order valence-corrected chi connectivity index (χ3v) is 16.6. The second-order valence-electron chi connectivity index (χ2n) is 19.6. The van der Waals surface area contributed by atoms with Gasteiger partial charge >= 0.3 is 0 Å². The number of thiophene rings is 1. The third-order valence-electron chi connectivity index (χ3n) is 15.4. The fourth-order valence-corrected chi connectivity index (χ4v) is 13.4. The van der Waals surface area contributed by atoms with Crippen molar-refractivity contribution in [3.63, 3.8) is 0 Å². The van der Waals surface area contributed by atoms with E-state index < -0.39 is 0 Å². The third kappa shape index (κ3) is 5.08. The van der Waals surface area contributed by atoms with Crippen LogP contribution in [0, 0.1) is 0 Å². The minimum atomic E-state index is -0.152. The lowest BCUT2D eigenvalue weighted by atomic mass is 9.80. The molecule has 11 aromatic carbocycles. The first-order chi connectivity index (χ1) is 31.7. The van der Waals surface area contributed by atoms with E-state index in [0.717, 1.165) is 0 Å². The van der Waals surface area contributed by atoms with Gasteiger partial charge in [-0.05, 0) is 163 Å². The van der Waals surface area contributed by atoms with Gasteiger partial charge in [-0.15, -0.1) is 11.3 Å². The van der Waals surface area contributed by atoms with Gasteiger partial charge in [-0.25, -0.2) is 0 Å². The molecule has 0 N–H and O–H groups in total. The van der Waals surface area contributed by atoms with Crippen LogP contribution in [-0.4, -0.2) is 0 Å². The first-order valence-corrected chi connectivity index (χ1v) is 23.8. The summed E-state index contributed by atoms with van der Waals surface area (Å²) in [5, 5.41) is 13.1. The molecule has 1 heterocycles. The number of fused-ring (bicyclic) bond motifs is 14. The highest BCUT2D eigenvalue weighted by Gasteiger charge is 2.38. The molecule has 0 radical (unpaired) electrons. The van der Waals surface area contributed by atoms with E-state index in [1.165, 1.54) is 141 Å². The molecule has 0 saturated heterocycles. The quantitative estimate of drug-likeness (QED) is 0.155. The molecule has 65 heavy (non-hydrogen) atoms. The zero-order valence-electron chi connectivity index (χ0n) is 36.9. The predicted molar refractivity (Wildman–Crippen MR) is 281 cm³/mol. The molecular weight excluding hydrogens is 801 g/mol. The van der Waals surface area contributed by atoms with Gasteiger partial charge in [0.2, 0.25) is 0 Å². The van der Waals surface area contributed by atoms with Crippen molar-refractivity contribution in [2.75, 3.05) is 0 Å². The average molecular weight is 845 g/mol. The Morgan fingerprint density at radius 3 is 1.57 bits per heavy atom. The van der Waals surface area contributed by atoms with E-state index in [1.54, 1.807) is 0 Å².